The molecule has 1 atom stereocenters. The molecule has 0 amide bonds. The van der Waals surface area contributed by atoms with Gasteiger partial charge in [0.05, 0.1) is 28.8 Å². The molecule has 0 fully saturated rings. The highest BCUT2D eigenvalue weighted by molar-refractivity contribution is 7.92. The number of anilines is 1. The van der Waals surface area contributed by atoms with Crippen molar-refractivity contribution < 1.29 is 22.7 Å². The van der Waals surface area contributed by atoms with Crippen LogP contribution in [0.1, 0.15) is 40.2 Å². The third kappa shape index (κ3) is 4.89. The molecule has 0 bridgehead atoms. The predicted molar refractivity (Wildman–Crippen MR) is 114 cm³/mol. The van der Waals surface area contributed by atoms with Gasteiger partial charge in [-0.3, -0.25) is 9.52 Å². The average molecular weight is 451 g/mol. The Morgan fingerprint density at radius 2 is 1.93 bits per heavy atom. The Morgan fingerprint density at radius 3 is 2.60 bits per heavy atom. The van der Waals surface area contributed by atoms with E-state index in [2.05, 4.69) is 9.71 Å². The first kappa shape index (κ1) is 22.0. The molecule has 0 spiro atoms. The third-order valence-corrected chi connectivity index (χ3v) is 6.23. The van der Waals surface area contributed by atoms with Crippen LogP contribution in [0.5, 0.6) is 0 Å². The molecule has 2 aromatic carbocycles. The number of hydrogen-bond acceptors (Lipinski definition) is 4. The van der Waals surface area contributed by atoms with Crippen LogP contribution in [0, 0.1) is 5.82 Å². The van der Waals surface area contributed by atoms with E-state index >= 15 is 0 Å². The first-order valence-corrected chi connectivity index (χ1v) is 11.1. The van der Waals surface area contributed by atoms with Crippen LogP contribution in [0.15, 0.2) is 54.6 Å². The fraction of sp³-hybridized carbons (Fsp3) is 0.190. The number of halogens is 2. The molecule has 3 aromatic rings. The van der Waals surface area contributed by atoms with Crippen molar-refractivity contribution in [2.45, 2.75) is 12.8 Å². The lowest BCUT2D eigenvalue weighted by Gasteiger charge is -2.14. The molecule has 0 radical (unpaired) electrons. The summed E-state index contributed by atoms with van der Waals surface area (Å²) in [5.74, 6) is -1.76. The van der Waals surface area contributed by atoms with Crippen molar-refractivity contribution in [1.82, 2.24) is 4.98 Å². The molecule has 0 saturated heterocycles. The summed E-state index contributed by atoms with van der Waals surface area (Å²) in [5.41, 5.74) is 1.72. The molecule has 3 rings (SSSR count). The van der Waals surface area contributed by atoms with Crippen molar-refractivity contribution in [3.8, 4) is 0 Å². The molecule has 0 saturated carbocycles. The number of benzene rings is 2. The molecule has 3 N–H and O–H groups in total. The number of nitrogens with one attached hydrogen (secondary N) is 2. The van der Waals surface area contributed by atoms with Crippen LogP contribution in [-0.2, 0) is 10.0 Å². The number of rotatable bonds is 8. The standard InChI is InChI=1S/C21H20ClFN2O4S/c1-13(15-7-6-14(12-18(15)23)25-30(28,29)11-10-26)19-8-9-20(24-19)21(27)16-4-2-3-5-17(16)22/h2-9,12-13,24-26H,10-11H2,1H3. The van der Waals surface area contributed by atoms with Crippen molar-refractivity contribution in [3.05, 3.63) is 88.0 Å². The average Bonchev–Trinajstić information content (AvgIpc) is 3.17. The van der Waals surface area contributed by atoms with Gasteiger partial charge in [0.25, 0.3) is 0 Å². The quantitative estimate of drug-likeness (QED) is 0.453. The zero-order chi connectivity index (χ0) is 21.9. The SMILES string of the molecule is CC(c1ccc(C(=O)c2ccccc2Cl)[nH]1)c1ccc(NS(=O)(=O)CCO)cc1F. The lowest BCUT2D eigenvalue weighted by Crippen LogP contribution is -2.19. The second-order valence-electron chi connectivity index (χ2n) is 6.74. The van der Waals surface area contributed by atoms with Crippen LogP contribution in [-0.4, -0.2) is 36.7 Å². The monoisotopic (exact) mass is 450 g/mol. The molecule has 0 aliphatic carbocycles. The van der Waals surface area contributed by atoms with E-state index in [-0.39, 0.29) is 11.5 Å². The Kier molecular flexibility index (Phi) is 6.60. The highest BCUT2D eigenvalue weighted by Crippen LogP contribution is 2.29. The van der Waals surface area contributed by atoms with Crippen LogP contribution in [0.4, 0.5) is 10.1 Å². The molecular weight excluding hydrogens is 431 g/mol. The number of aliphatic hydroxyl groups is 1. The minimum atomic E-state index is -3.74. The van der Waals surface area contributed by atoms with E-state index in [1.54, 1.807) is 43.3 Å². The molecule has 0 aliphatic rings. The summed E-state index contributed by atoms with van der Waals surface area (Å²) in [4.78, 5) is 15.7. The molecule has 9 heteroatoms. The zero-order valence-corrected chi connectivity index (χ0v) is 17.6. The predicted octanol–water partition coefficient (Wildman–Crippen LogP) is 3.92. The summed E-state index contributed by atoms with van der Waals surface area (Å²) >= 11 is 6.09. The Labute approximate surface area is 178 Å². The van der Waals surface area contributed by atoms with E-state index in [0.717, 1.165) is 6.07 Å². The lowest BCUT2D eigenvalue weighted by atomic mass is 9.97. The van der Waals surface area contributed by atoms with Gasteiger partial charge in [0.15, 0.2) is 0 Å². The van der Waals surface area contributed by atoms with Crippen LogP contribution in [0.2, 0.25) is 5.02 Å². The van der Waals surface area contributed by atoms with Crippen LogP contribution in [0.3, 0.4) is 0 Å². The molecular formula is C21H20ClFN2O4S. The highest BCUT2D eigenvalue weighted by Gasteiger charge is 2.19. The van der Waals surface area contributed by atoms with Crippen LogP contribution >= 0.6 is 11.6 Å². The maximum absolute atomic E-state index is 14.6. The second kappa shape index (κ2) is 8.99. The van der Waals surface area contributed by atoms with Gasteiger partial charge in [0.1, 0.15) is 5.82 Å². The van der Waals surface area contributed by atoms with Crippen molar-refractivity contribution >= 4 is 33.1 Å². The van der Waals surface area contributed by atoms with Gasteiger partial charge in [-0.1, -0.05) is 36.7 Å². The Bertz CT molecular complexity index is 1180. The van der Waals surface area contributed by atoms with E-state index in [1.165, 1.54) is 12.1 Å². The van der Waals surface area contributed by atoms with E-state index in [0.29, 0.717) is 27.5 Å². The summed E-state index contributed by atoms with van der Waals surface area (Å²) in [6, 6.07) is 14.0. The third-order valence-electron chi connectivity index (χ3n) is 4.64. The van der Waals surface area contributed by atoms with Gasteiger partial charge in [-0.15, -0.1) is 0 Å². The number of aliphatic hydroxyl groups excluding tert-OH is 1. The molecule has 1 aromatic heterocycles. The Morgan fingerprint density at radius 1 is 1.20 bits per heavy atom. The largest absolute Gasteiger partial charge is 0.395 e. The van der Waals surface area contributed by atoms with Crippen molar-refractivity contribution in [1.29, 1.82) is 0 Å². The van der Waals surface area contributed by atoms with Gasteiger partial charge in [-0.25, -0.2) is 12.8 Å². The van der Waals surface area contributed by atoms with Gasteiger partial charge in [0, 0.05) is 17.2 Å². The van der Waals surface area contributed by atoms with Gasteiger partial charge in [-0.05, 0) is 42.0 Å². The van der Waals surface area contributed by atoms with E-state index in [1.807, 2.05) is 0 Å². The van der Waals surface area contributed by atoms with Crippen molar-refractivity contribution in [3.63, 3.8) is 0 Å². The van der Waals surface area contributed by atoms with E-state index < -0.39 is 34.1 Å². The Balaban J connectivity index is 1.81. The molecule has 1 unspecified atom stereocenters. The maximum Gasteiger partial charge on any atom is 0.234 e. The van der Waals surface area contributed by atoms with Gasteiger partial charge >= 0.3 is 0 Å². The van der Waals surface area contributed by atoms with Gasteiger partial charge in [0.2, 0.25) is 15.8 Å². The topological polar surface area (TPSA) is 99.3 Å². The molecule has 6 nitrogen and oxygen atoms in total. The number of carbonyl (C=O) groups is 1. The fourth-order valence-electron chi connectivity index (χ4n) is 3.05. The smallest absolute Gasteiger partial charge is 0.234 e. The normalized spacial score (nSPS) is 12.5. The number of carbonyl (C=O) groups excluding carboxylic acids is 1. The number of sulfonamides is 1. The molecule has 158 valence electrons. The minimum absolute atomic E-state index is 0.0676. The number of hydrogen-bond donors (Lipinski definition) is 3. The summed E-state index contributed by atoms with van der Waals surface area (Å²) in [6.45, 7) is 1.23. The summed E-state index contributed by atoms with van der Waals surface area (Å²) in [6.07, 6.45) is 0. The van der Waals surface area contributed by atoms with Gasteiger partial charge < -0.3 is 10.1 Å². The molecule has 0 aliphatic heterocycles. The summed E-state index contributed by atoms with van der Waals surface area (Å²) in [7, 11) is -3.74. The maximum atomic E-state index is 14.6. The highest BCUT2D eigenvalue weighted by atomic mass is 35.5. The van der Waals surface area contributed by atoms with Crippen molar-refractivity contribution in [2.24, 2.45) is 0 Å². The van der Waals surface area contributed by atoms with Crippen LogP contribution < -0.4 is 4.72 Å². The molecule has 1 heterocycles. The first-order chi connectivity index (χ1) is 14.2. The minimum Gasteiger partial charge on any atom is -0.395 e. The molecule has 30 heavy (non-hydrogen) atoms. The zero-order valence-electron chi connectivity index (χ0n) is 16.0. The van der Waals surface area contributed by atoms with Crippen LogP contribution in [0.25, 0.3) is 0 Å². The van der Waals surface area contributed by atoms with Gasteiger partial charge in [-0.2, -0.15) is 0 Å². The number of ketones is 1. The lowest BCUT2D eigenvalue weighted by molar-refractivity contribution is 0.103. The fourth-order valence-corrected chi connectivity index (χ4v) is 4.10. The first-order valence-electron chi connectivity index (χ1n) is 9.11. The number of H-pyrrole nitrogens is 1. The summed E-state index contributed by atoms with van der Waals surface area (Å²) in [5, 5.41) is 9.12. The van der Waals surface area contributed by atoms with E-state index in [4.69, 9.17) is 16.7 Å². The number of aromatic amines is 1. The second-order valence-corrected chi connectivity index (χ2v) is 8.99. The van der Waals surface area contributed by atoms with Crippen molar-refractivity contribution in [2.75, 3.05) is 17.1 Å². The summed E-state index contributed by atoms with van der Waals surface area (Å²) < 4.78 is 40.3. The Hall–Kier alpha value is -2.68. The van der Waals surface area contributed by atoms with E-state index in [9.17, 15) is 17.6 Å². The number of aromatic nitrogens is 1.